The van der Waals surface area contributed by atoms with Crippen molar-refractivity contribution < 1.29 is 9.59 Å². The van der Waals surface area contributed by atoms with E-state index in [0.717, 1.165) is 24.4 Å². The summed E-state index contributed by atoms with van der Waals surface area (Å²) < 4.78 is 0. The van der Waals surface area contributed by atoms with Crippen molar-refractivity contribution in [3.05, 3.63) is 52.0 Å². The zero-order valence-electron chi connectivity index (χ0n) is 15.1. The molecule has 3 N–H and O–H groups in total. The van der Waals surface area contributed by atoms with E-state index in [4.69, 9.17) is 5.73 Å². The summed E-state index contributed by atoms with van der Waals surface area (Å²) in [5.74, 6) is 0.172. The molecule has 1 aromatic heterocycles. The number of nitrogens with zero attached hydrogens (tertiary/aromatic N) is 2. The van der Waals surface area contributed by atoms with E-state index in [1.54, 1.807) is 12.1 Å². The minimum atomic E-state index is -0.0695. The third-order valence-corrected chi connectivity index (χ3v) is 5.43. The molecule has 0 saturated carbocycles. The number of benzene rings is 1. The predicted octanol–water partition coefficient (Wildman–Crippen LogP) is 2.35. The van der Waals surface area contributed by atoms with Gasteiger partial charge in [0.2, 0.25) is 0 Å². The number of nitrogens with two attached hydrogens (primary N) is 1. The fourth-order valence-corrected chi connectivity index (χ4v) is 3.94. The van der Waals surface area contributed by atoms with E-state index in [2.05, 4.69) is 10.3 Å². The maximum atomic E-state index is 12.7. The van der Waals surface area contributed by atoms with Crippen molar-refractivity contribution >= 4 is 35.6 Å². The van der Waals surface area contributed by atoms with Crippen molar-refractivity contribution in [2.24, 2.45) is 11.7 Å². The lowest BCUT2D eigenvalue weighted by Crippen LogP contribution is -2.43. The number of nitrogens with one attached hydrogen (secondary N) is 1. The van der Waals surface area contributed by atoms with Crippen LogP contribution >= 0.6 is 23.7 Å². The van der Waals surface area contributed by atoms with Crippen LogP contribution in [0.3, 0.4) is 0 Å². The lowest BCUT2D eigenvalue weighted by atomic mass is 9.97. The Bertz CT molecular complexity index is 753. The summed E-state index contributed by atoms with van der Waals surface area (Å²) in [6.07, 6.45) is 2.65. The van der Waals surface area contributed by atoms with Crippen LogP contribution in [-0.2, 0) is 6.42 Å². The number of aromatic nitrogens is 1. The molecule has 1 fully saturated rings. The monoisotopic (exact) mass is 408 g/mol. The average molecular weight is 409 g/mol. The molecule has 0 aliphatic carbocycles. The van der Waals surface area contributed by atoms with E-state index in [1.807, 2.05) is 28.5 Å². The van der Waals surface area contributed by atoms with Crippen LogP contribution in [0.4, 0.5) is 0 Å². The van der Waals surface area contributed by atoms with Crippen LogP contribution in [-0.4, -0.2) is 47.9 Å². The van der Waals surface area contributed by atoms with E-state index in [1.165, 1.54) is 11.3 Å². The molecule has 1 aliphatic rings. The van der Waals surface area contributed by atoms with Crippen molar-refractivity contribution in [3.63, 3.8) is 0 Å². The molecule has 1 aromatic carbocycles. The molecule has 146 valence electrons. The van der Waals surface area contributed by atoms with Crippen LogP contribution in [0.15, 0.2) is 35.7 Å². The Balaban J connectivity index is 0.00000261. The predicted molar refractivity (Wildman–Crippen MR) is 110 cm³/mol. The molecular formula is C19H25ClN4O2S. The van der Waals surface area contributed by atoms with Gasteiger partial charge in [0.1, 0.15) is 5.69 Å². The fourth-order valence-electron chi connectivity index (χ4n) is 3.15. The lowest BCUT2D eigenvalue weighted by molar-refractivity contribution is 0.0665. The summed E-state index contributed by atoms with van der Waals surface area (Å²) in [6.45, 7) is 2.50. The first-order valence-corrected chi connectivity index (χ1v) is 9.82. The van der Waals surface area contributed by atoms with Crippen LogP contribution in [0.1, 0.15) is 38.7 Å². The molecule has 0 radical (unpaired) electrons. The van der Waals surface area contributed by atoms with Gasteiger partial charge >= 0.3 is 0 Å². The van der Waals surface area contributed by atoms with E-state index >= 15 is 0 Å². The highest BCUT2D eigenvalue weighted by Crippen LogP contribution is 2.19. The molecule has 1 unspecified atom stereocenters. The molecule has 0 bridgehead atoms. The van der Waals surface area contributed by atoms with Gasteiger partial charge in [0.25, 0.3) is 11.8 Å². The number of hydrogen-bond donors (Lipinski definition) is 2. The number of piperidine rings is 1. The summed E-state index contributed by atoms with van der Waals surface area (Å²) in [7, 11) is 0. The first-order valence-electron chi connectivity index (χ1n) is 8.94. The Kier molecular flexibility index (Phi) is 8.22. The zero-order valence-corrected chi connectivity index (χ0v) is 16.7. The van der Waals surface area contributed by atoms with Crippen LogP contribution in [0, 0.1) is 5.92 Å². The molecular weight excluding hydrogens is 384 g/mol. The Labute approximate surface area is 169 Å². The summed E-state index contributed by atoms with van der Waals surface area (Å²) in [6, 6.07) is 9.19. The number of likely N-dealkylation sites (tertiary alicyclic amines) is 1. The minimum Gasteiger partial charge on any atom is -0.352 e. The Morgan fingerprint density at radius 3 is 2.81 bits per heavy atom. The number of halogens is 1. The van der Waals surface area contributed by atoms with Gasteiger partial charge in [0.15, 0.2) is 0 Å². The SMILES string of the molecule is Cl.NCCc1nc(C(=O)N2CCCC(CNC(=O)c3ccccc3)C2)cs1. The van der Waals surface area contributed by atoms with Crippen LogP contribution < -0.4 is 11.1 Å². The smallest absolute Gasteiger partial charge is 0.273 e. The van der Waals surface area contributed by atoms with Crippen LogP contribution in [0.25, 0.3) is 0 Å². The molecule has 1 atom stereocenters. The van der Waals surface area contributed by atoms with Crippen molar-refractivity contribution in [2.75, 3.05) is 26.2 Å². The molecule has 6 nitrogen and oxygen atoms in total. The molecule has 2 aromatic rings. The average Bonchev–Trinajstić information content (AvgIpc) is 3.15. The second kappa shape index (κ2) is 10.4. The van der Waals surface area contributed by atoms with Gasteiger partial charge in [-0.1, -0.05) is 18.2 Å². The number of hydrogen-bond acceptors (Lipinski definition) is 5. The van der Waals surface area contributed by atoms with Gasteiger partial charge in [-0.05, 0) is 37.4 Å². The standard InChI is InChI=1S/C19H24N4O2S.ClH/c20-9-8-17-22-16(13-26-17)19(25)23-10-4-5-14(12-23)11-21-18(24)15-6-2-1-3-7-15;/h1-3,6-7,13-14H,4-5,8-12,20H2,(H,21,24);1H. The van der Waals surface area contributed by atoms with Crippen LogP contribution in [0.5, 0.6) is 0 Å². The summed E-state index contributed by atoms with van der Waals surface area (Å²) in [5.41, 5.74) is 6.71. The molecule has 2 amide bonds. The highest BCUT2D eigenvalue weighted by atomic mass is 35.5. The topological polar surface area (TPSA) is 88.3 Å². The van der Waals surface area contributed by atoms with Crippen molar-refractivity contribution in [1.82, 2.24) is 15.2 Å². The maximum Gasteiger partial charge on any atom is 0.273 e. The van der Waals surface area contributed by atoms with Gasteiger partial charge in [-0.15, -0.1) is 23.7 Å². The normalized spacial score (nSPS) is 16.5. The summed E-state index contributed by atoms with van der Waals surface area (Å²) in [4.78, 5) is 31.1. The number of carbonyl (C=O) groups is 2. The number of thiazole rings is 1. The Morgan fingerprint density at radius 2 is 2.07 bits per heavy atom. The molecule has 1 aliphatic heterocycles. The largest absolute Gasteiger partial charge is 0.352 e. The molecule has 3 rings (SSSR count). The second-order valence-corrected chi connectivity index (χ2v) is 7.44. The number of carbonyl (C=O) groups excluding carboxylic acids is 2. The number of amides is 2. The summed E-state index contributed by atoms with van der Waals surface area (Å²) in [5, 5.41) is 5.70. The van der Waals surface area contributed by atoms with E-state index in [0.29, 0.717) is 37.3 Å². The highest BCUT2D eigenvalue weighted by molar-refractivity contribution is 7.09. The van der Waals surface area contributed by atoms with Gasteiger partial charge in [-0.3, -0.25) is 9.59 Å². The minimum absolute atomic E-state index is 0. The fraction of sp³-hybridized carbons (Fsp3) is 0.421. The summed E-state index contributed by atoms with van der Waals surface area (Å²) >= 11 is 1.48. The van der Waals surface area contributed by atoms with Gasteiger partial charge in [0.05, 0.1) is 5.01 Å². The van der Waals surface area contributed by atoms with Gasteiger partial charge in [-0.2, -0.15) is 0 Å². The van der Waals surface area contributed by atoms with Crippen molar-refractivity contribution in [1.29, 1.82) is 0 Å². The lowest BCUT2D eigenvalue weighted by Gasteiger charge is -2.32. The Morgan fingerprint density at radius 1 is 1.30 bits per heavy atom. The molecule has 1 saturated heterocycles. The van der Waals surface area contributed by atoms with E-state index in [9.17, 15) is 9.59 Å². The molecule has 0 spiro atoms. The van der Waals surface area contributed by atoms with Gasteiger partial charge < -0.3 is 16.0 Å². The molecule has 8 heteroatoms. The van der Waals surface area contributed by atoms with E-state index in [-0.39, 0.29) is 30.1 Å². The molecule has 27 heavy (non-hydrogen) atoms. The Hall–Kier alpha value is -1.96. The number of rotatable bonds is 6. The second-order valence-electron chi connectivity index (χ2n) is 6.50. The first kappa shape index (κ1) is 21.3. The third-order valence-electron chi connectivity index (χ3n) is 4.52. The maximum absolute atomic E-state index is 12.7. The van der Waals surface area contributed by atoms with Gasteiger partial charge in [-0.25, -0.2) is 4.98 Å². The van der Waals surface area contributed by atoms with Crippen LogP contribution in [0.2, 0.25) is 0 Å². The first-order chi connectivity index (χ1) is 12.7. The van der Waals surface area contributed by atoms with Crippen molar-refractivity contribution in [2.45, 2.75) is 19.3 Å². The van der Waals surface area contributed by atoms with Gasteiger partial charge in [0, 0.05) is 37.0 Å². The van der Waals surface area contributed by atoms with E-state index < -0.39 is 0 Å². The zero-order chi connectivity index (χ0) is 18.4. The quantitative estimate of drug-likeness (QED) is 0.767. The van der Waals surface area contributed by atoms with Crippen molar-refractivity contribution in [3.8, 4) is 0 Å². The molecule has 2 heterocycles. The highest BCUT2D eigenvalue weighted by Gasteiger charge is 2.26. The third kappa shape index (κ3) is 5.76.